The lowest BCUT2D eigenvalue weighted by Gasteiger charge is -2.12. The molecule has 3 aromatic rings. The monoisotopic (exact) mass is 323 g/mol. The van der Waals surface area contributed by atoms with E-state index in [0.29, 0.717) is 5.69 Å². The summed E-state index contributed by atoms with van der Waals surface area (Å²) in [6.45, 7) is 8.01. The lowest BCUT2D eigenvalue weighted by atomic mass is 10.2. The molecule has 6 nitrogen and oxygen atoms in total. The number of amides is 1. The molecule has 0 aliphatic heterocycles. The van der Waals surface area contributed by atoms with Crippen molar-refractivity contribution in [1.29, 1.82) is 0 Å². The van der Waals surface area contributed by atoms with Gasteiger partial charge in [0.05, 0.1) is 12.0 Å². The Morgan fingerprint density at radius 2 is 1.83 bits per heavy atom. The smallest absolute Gasteiger partial charge is 0.273 e. The molecule has 3 rings (SSSR count). The Morgan fingerprint density at radius 3 is 2.42 bits per heavy atom. The number of imidazole rings is 1. The SMILES string of the molecule is Cc1ncn(-c2ccc(NC(=O)c3ccnn3C(C)C)cc2)c1C. The van der Waals surface area contributed by atoms with Gasteiger partial charge in [0, 0.05) is 29.3 Å². The van der Waals surface area contributed by atoms with Crippen molar-refractivity contribution in [3.8, 4) is 5.69 Å². The summed E-state index contributed by atoms with van der Waals surface area (Å²) in [5, 5.41) is 7.10. The van der Waals surface area contributed by atoms with Crippen LogP contribution in [0.4, 0.5) is 5.69 Å². The second-order valence-electron chi connectivity index (χ2n) is 6.04. The topological polar surface area (TPSA) is 64.7 Å². The van der Waals surface area contributed by atoms with Gasteiger partial charge in [-0.1, -0.05) is 0 Å². The minimum Gasteiger partial charge on any atom is -0.321 e. The highest BCUT2D eigenvalue weighted by Crippen LogP contribution is 2.18. The van der Waals surface area contributed by atoms with Gasteiger partial charge in [-0.25, -0.2) is 4.98 Å². The molecule has 0 aliphatic carbocycles. The van der Waals surface area contributed by atoms with Gasteiger partial charge < -0.3 is 9.88 Å². The molecule has 24 heavy (non-hydrogen) atoms. The Hall–Kier alpha value is -2.89. The molecule has 0 saturated carbocycles. The molecule has 1 amide bonds. The summed E-state index contributed by atoms with van der Waals surface area (Å²) in [5.41, 5.74) is 4.42. The fourth-order valence-electron chi connectivity index (χ4n) is 2.57. The Bertz CT molecular complexity index is 858. The molecular weight excluding hydrogens is 302 g/mol. The van der Waals surface area contributed by atoms with Crippen LogP contribution in [0.3, 0.4) is 0 Å². The van der Waals surface area contributed by atoms with E-state index in [-0.39, 0.29) is 11.9 Å². The average molecular weight is 323 g/mol. The number of nitrogens with one attached hydrogen (secondary N) is 1. The summed E-state index contributed by atoms with van der Waals surface area (Å²) in [5.74, 6) is -0.163. The van der Waals surface area contributed by atoms with Crippen LogP contribution >= 0.6 is 0 Å². The summed E-state index contributed by atoms with van der Waals surface area (Å²) in [4.78, 5) is 16.7. The highest BCUT2D eigenvalue weighted by molar-refractivity contribution is 6.03. The summed E-state index contributed by atoms with van der Waals surface area (Å²) in [6, 6.07) is 9.56. The molecule has 0 aliphatic rings. The maximum atomic E-state index is 12.4. The Balaban J connectivity index is 1.78. The van der Waals surface area contributed by atoms with Crippen molar-refractivity contribution in [2.24, 2.45) is 0 Å². The van der Waals surface area contributed by atoms with Gasteiger partial charge in [0.15, 0.2) is 0 Å². The van der Waals surface area contributed by atoms with Gasteiger partial charge in [-0.05, 0) is 58.0 Å². The molecule has 0 bridgehead atoms. The van der Waals surface area contributed by atoms with E-state index in [0.717, 1.165) is 22.8 Å². The number of aryl methyl sites for hydroxylation is 1. The first-order valence-electron chi connectivity index (χ1n) is 7.93. The van der Waals surface area contributed by atoms with E-state index in [4.69, 9.17) is 0 Å². The molecule has 0 radical (unpaired) electrons. The number of hydrogen-bond donors (Lipinski definition) is 1. The minimum atomic E-state index is -0.163. The number of anilines is 1. The maximum Gasteiger partial charge on any atom is 0.273 e. The molecule has 0 atom stereocenters. The Kier molecular flexibility index (Phi) is 4.20. The van der Waals surface area contributed by atoms with E-state index in [1.807, 2.05) is 56.5 Å². The van der Waals surface area contributed by atoms with Crippen molar-refractivity contribution in [2.75, 3.05) is 5.32 Å². The first-order chi connectivity index (χ1) is 11.5. The average Bonchev–Trinajstić information content (AvgIpc) is 3.17. The number of nitrogens with zero attached hydrogens (tertiary/aromatic N) is 4. The second kappa shape index (κ2) is 6.31. The van der Waals surface area contributed by atoms with Crippen LogP contribution < -0.4 is 5.32 Å². The number of carbonyl (C=O) groups is 1. The lowest BCUT2D eigenvalue weighted by Crippen LogP contribution is -2.18. The first-order valence-corrected chi connectivity index (χ1v) is 7.93. The van der Waals surface area contributed by atoms with Crippen LogP contribution in [0.2, 0.25) is 0 Å². The minimum absolute atomic E-state index is 0.135. The fourth-order valence-corrected chi connectivity index (χ4v) is 2.57. The zero-order valence-electron chi connectivity index (χ0n) is 14.3. The van der Waals surface area contributed by atoms with Gasteiger partial charge in [0.25, 0.3) is 5.91 Å². The van der Waals surface area contributed by atoms with E-state index >= 15 is 0 Å². The summed E-state index contributed by atoms with van der Waals surface area (Å²) < 4.78 is 3.73. The van der Waals surface area contributed by atoms with Crippen molar-refractivity contribution in [3.05, 3.63) is 59.9 Å². The van der Waals surface area contributed by atoms with Crippen molar-refractivity contribution in [2.45, 2.75) is 33.7 Å². The van der Waals surface area contributed by atoms with E-state index < -0.39 is 0 Å². The van der Waals surface area contributed by atoms with Crippen molar-refractivity contribution < 1.29 is 4.79 Å². The van der Waals surface area contributed by atoms with Gasteiger partial charge >= 0.3 is 0 Å². The van der Waals surface area contributed by atoms with Crippen molar-refractivity contribution in [1.82, 2.24) is 19.3 Å². The van der Waals surface area contributed by atoms with Crippen molar-refractivity contribution in [3.63, 3.8) is 0 Å². The summed E-state index contributed by atoms with van der Waals surface area (Å²) in [6.07, 6.45) is 3.45. The predicted octanol–water partition coefficient (Wildman–Crippen LogP) is 3.52. The number of aromatic nitrogens is 4. The van der Waals surface area contributed by atoms with E-state index in [9.17, 15) is 4.79 Å². The van der Waals surface area contributed by atoms with Crippen LogP contribution in [0.1, 0.15) is 41.8 Å². The molecule has 1 aromatic carbocycles. The van der Waals surface area contributed by atoms with Crippen LogP contribution in [0.5, 0.6) is 0 Å². The predicted molar refractivity (Wildman–Crippen MR) is 93.6 cm³/mol. The number of carbonyl (C=O) groups excluding carboxylic acids is 1. The molecular formula is C18H21N5O. The molecule has 2 heterocycles. The normalized spacial score (nSPS) is 11.0. The third kappa shape index (κ3) is 2.95. The summed E-state index contributed by atoms with van der Waals surface area (Å²) in [7, 11) is 0. The van der Waals surface area contributed by atoms with Gasteiger partial charge in [-0.15, -0.1) is 0 Å². The number of rotatable bonds is 4. The van der Waals surface area contributed by atoms with Crippen LogP contribution in [-0.4, -0.2) is 25.2 Å². The molecule has 1 N–H and O–H groups in total. The third-order valence-electron chi connectivity index (χ3n) is 4.05. The van der Waals surface area contributed by atoms with E-state index in [2.05, 4.69) is 15.4 Å². The van der Waals surface area contributed by atoms with Gasteiger partial charge in [-0.2, -0.15) is 5.10 Å². The second-order valence-corrected chi connectivity index (χ2v) is 6.04. The number of hydrogen-bond acceptors (Lipinski definition) is 3. The zero-order valence-corrected chi connectivity index (χ0v) is 14.3. The first kappa shape index (κ1) is 16.0. The quantitative estimate of drug-likeness (QED) is 0.799. The highest BCUT2D eigenvalue weighted by Gasteiger charge is 2.14. The Morgan fingerprint density at radius 1 is 1.12 bits per heavy atom. The zero-order chi connectivity index (χ0) is 17.3. The van der Waals surface area contributed by atoms with E-state index in [1.54, 1.807) is 23.3 Å². The molecule has 0 saturated heterocycles. The lowest BCUT2D eigenvalue weighted by molar-refractivity contribution is 0.101. The number of benzene rings is 1. The molecule has 0 unspecified atom stereocenters. The van der Waals surface area contributed by atoms with Crippen LogP contribution in [0.15, 0.2) is 42.9 Å². The maximum absolute atomic E-state index is 12.4. The molecule has 0 fully saturated rings. The highest BCUT2D eigenvalue weighted by atomic mass is 16.2. The fraction of sp³-hybridized carbons (Fsp3) is 0.278. The summed E-state index contributed by atoms with van der Waals surface area (Å²) >= 11 is 0. The largest absolute Gasteiger partial charge is 0.321 e. The molecule has 0 spiro atoms. The van der Waals surface area contributed by atoms with Crippen molar-refractivity contribution >= 4 is 11.6 Å². The molecule has 124 valence electrons. The molecule has 2 aromatic heterocycles. The van der Waals surface area contributed by atoms with Crippen LogP contribution in [-0.2, 0) is 0 Å². The Labute approximate surface area is 141 Å². The van der Waals surface area contributed by atoms with Crippen LogP contribution in [0.25, 0.3) is 5.69 Å². The van der Waals surface area contributed by atoms with Gasteiger partial charge in [-0.3, -0.25) is 9.48 Å². The standard InChI is InChI=1S/C18H21N5O/c1-12(2)23-17(9-10-20-23)18(24)21-15-5-7-16(8-6-15)22-11-19-13(3)14(22)4/h5-12H,1-4H3,(H,21,24). The van der Waals surface area contributed by atoms with Crippen LogP contribution in [0, 0.1) is 13.8 Å². The molecule has 6 heteroatoms. The van der Waals surface area contributed by atoms with Gasteiger partial charge in [0.2, 0.25) is 0 Å². The van der Waals surface area contributed by atoms with E-state index in [1.165, 1.54) is 0 Å². The third-order valence-corrected chi connectivity index (χ3v) is 4.05. The van der Waals surface area contributed by atoms with Gasteiger partial charge in [0.1, 0.15) is 5.69 Å².